The Kier molecular flexibility index (Phi) is 5.56. The minimum atomic E-state index is -0.136. The second kappa shape index (κ2) is 7.68. The van der Waals surface area contributed by atoms with Crippen molar-refractivity contribution >= 4 is 22.9 Å². The summed E-state index contributed by atoms with van der Waals surface area (Å²) in [4.78, 5) is 18.8. The van der Waals surface area contributed by atoms with E-state index in [1.807, 2.05) is 39.2 Å². The zero-order valence-electron chi connectivity index (χ0n) is 15.5. The van der Waals surface area contributed by atoms with Gasteiger partial charge in [0.1, 0.15) is 0 Å². The number of thiophene rings is 1. The monoisotopic (exact) mass is 361 g/mol. The van der Waals surface area contributed by atoms with Crippen LogP contribution in [0.25, 0.3) is 0 Å². The van der Waals surface area contributed by atoms with Gasteiger partial charge in [-0.15, -0.1) is 11.3 Å². The summed E-state index contributed by atoms with van der Waals surface area (Å²) in [6.07, 6.45) is 0. The van der Waals surface area contributed by atoms with E-state index in [2.05, 4.69) is 37.7 Å². The van der Waals surface area contributed by atoms with Gasteiger partial charge >= 0.3 is 0 Å². The molecule has 1 saturated heterocycles. The van der Waals surface area contributed by atoms with Crippen molar-refractivity contribution in [3.05, 3.63) is 33.8 Å². The molecule has 0 radical (unpaired) electrons. The second-order valence-electron chi connectivity index (χ2n) is 6.73. The minimum absolute atomic E-state index is 0.0471. The first-order chi connectivity index (χ1) is 12.0. The molecule has 0 unspecified atom stereocenters. The third-order valence-corrected chi connectivity index (χ3v) is 5.91. The average Bonchev–Trinajstić information content (AvgIpc) is 3.19. The van der Waals surface area contributed by atoms with Gasteiger partial charge in [0.05, 0.1) is 23.1 Å². The molecule has 1 aliphatic rings. The molecule has 0 saturated carbocycles. The van der Waals surface area contributed by atoms with E-state index >= 15 is 0 Å². The van der Waals surface area contributed by atoms with E-state index in [0.717, 1.165) is 49.8 Å². The molecule has 136 valence electrons. The quantitative estimate of drug-likeness (QED) is 0.887. The van der Waals surface area contributed by atoms with Gasteiger partial charge in [0.15, 0.2) is 0 Å². The Balaban J connectivity index is 1.53. The van der Waals surface area contributed by atoms with Crippen molar-refractivity contribution in [2.75, 3.05) is 31.5 Å². The van der Waals surface area contributed by atoms with Crippen molar-refractivity contribution in [1.82, 2.24) is 19.6 Å². The van der Waals surface area contributed by atoms with Crippen molar-refractivity contribution in [2.45, 2.75) is 33.4 Å². The molecule has 1 atom stereocenters. The van der Waals surface area contributed by atoms with E-state index < -0.39 is 0 Å². The van der Waals surface area contributed by atoms with Gasteiger partial charge < -0.3 is 5.32 Å². The van der Waals surface area contributed by atoms with E-state index in [1.165, 1.54) is 4.88 Å². The summed E-state index contributed by atoms with van der Waals surface area (Å²) in [6, 6.07) is 4.15. The van der Waals surface area contributed by atoms with Crippen LogP contribution in [0.3, 0.4) is 0 Å². The largest absolute Gasteiger partial charge is 0.322 e. The molecule has 25 heavy (non-hydrogen) atoms. The summed E-state index contributed by atoms with van der Waals surface area (Å²) < 4.78 is 1.80. The number of nitrogens with zero attached hydrogens (tertiary/aromatic N) is 4. The van der Waals surface area contributed by atoms with E-state index in [-0.39, 0.29) is 11.9 Å². The van der Waals surface area contributed by atoms with Gasteiger partial charge in [-0.25, -0.2) is 0 Å². The van der Waals surface area contributed by atoms with Gasteiger partial charge in [0.25, 0.3) is 0 Å². The van der Waals surface area contributed by atoms with E-state index in [9.17, 15) is 4.79 Å². The van der Waals surface area contributed by atoms with Crippen LogP contribution in [0.1, 0.15) is 23.2 Å². The highest BCUT2D eigenvalue weighted by molar-refractivity contribution is 7.09. The van der Waals surface area contributed by atoms with Crippen LogP contribution in [0.15, 0.2) is 17.5 Å². The molecule has 3 rings (SSSR count). The minimum Gasteiger partial charge on any atom is -0.322 e. The lowest BCUT2D eigenvalue weighted by molar-refractivity contribution is -0.121. The zero-order valence-corrected chi connectivity index (χ0v) is 16.3. The Morgan fingerprint density at radius 1 is 1.32 bits per heavy atom. The summed E-state index contributed by atoms with van der Waals surface area (Å²) in [6.45, 7) is 10.8. The van der Waals surface area contributed by atoms with Crippen molar-refractivity contribution in [3.8, 4) is 0 Å². The van der Waals surface area contributed by atoms with Gasteiger partial charge in [-0.05, 0) is 32.2 Å². The molecule has 2 aromatic rings. The summed E-state index contributed by atoms with van der Waals surface area (Å²) >= 11 is 1.81. The Morgan fingerprint density at radius 2 is 2.04 bits per heavy atom. The lowest BCUT2D eigenvalue weighted by atomic mass is 10.2. The first-order valence-electron chi connectivity index (χ1n) is 8.75. The SMILES string of the molecule is Cc1nn(C)c(C)c1NC(=O)[C@@H](C)N1CCN(Cc2cccs2)CC1. The number of piperazine rings is 1. The van der Waals surface area contributed by atoms with E-state index in [0.29, 0.717) is 0 Å². The molecule has 0 spiro atoms. The Hall–Kier alpha value is -1.70. The van der Waals surface area contributed by atoms with Crippen molar-refractivity contribution < 1.29 is 4.79 Å². The molecule has 0 aromatic carbocycles. The number of aromatic nitrogens is 2. The molecule has 2 aromatic heterocycles. The predicted octanol–water partition coefficient (Wildman–Crippen LogP) is 2.24. The highest BCUT2D eigenvalue weighted by atomic mass is 32.1. The second-order valence-corrected chi connectivity index (χ2v) is 7.76. The summed E-state index contributed by atoms with van der Waals surface area (Å²) in [5, 5.41) is 9.56. The third kappa shape index (κ3) is 4.11. The predicted molar refractivity (Wildman–Crippen MR) is 102 cm³/mol. The van der Waals surface area contributed by atoms with Gasteiger partial charge in [0.2, 0.25) is 5.91 Å². The Morgan fingerprint density at radius 3 is 2.60 bits per heavy atom. The molecule has 1 amide bonds. The maximum Gasteiger partial charge on any atom is 0.241 e. The molecule has 7 heteroatoms. The molecular formula is C18H27N5OS. The maximum absolute atomic E-state index is 12.7. The summed E-state index contributed by atoms with van der Waals surface area (Å²) in [7, 11) is 1.90. The normalized spacial score (nSPS) is 17.6. The van der Waals surface area contributed by atoms with Crippen LogP contribution in [-0.2, 0) is 18.4 Å². The number of amides is 1. The van der Waals surface area contributed by atoms with Crippen LogP contribution in [0, 0.1) is 13.8 Å². The fourth-order valence-electron chi connectivity index (χ4n) is 3.28. The zero-order chi connectivity index (χ0) is 18.0. The number of rotatable bonds is 5. The molecular weight excluding hydrogens is 334 g/mol. The fraction of sp³-hybridized carbons (Fsp3) is 0.556. The molecule has 6 nitrogen and oxygen atoms in total. The number of hydrogen-bond acceptors (Lipinski definition) is 5. The van der Waals surface area contributed by atoms with Crippen molar-refractivity contribution in [2.24, 2.45) is 7.05 Å². The third-order valence-electron chi connectivity index (χ3n) is 5.05. The molecule has 1 N–H and O–H groups in total. The van der Waals surface area contributed by atoms with E-state index in [1.54, 1.807) is 4.68 Å². The van der Waals surface area contributed by atoms with Crippen LogP contribution < -0.4 is 5.32 Å². The van der Waals surface area contributed by atoms with Crippen molar-refractivity contribution in [3.63, 3.8) is 0 Å². The highest BCUT2D eigenvalue weighted by Crippen LogP contribution is 2.20. The van der Waals surface area contributed by atoms with Gasteiger partial charge in [-0.2, -0.15) is 5.10 Å². The molecule has 3 heterocycles. The molecule has 0 bridgehead atoms. The molecule has 1 aliphatic heterocycles. The van der Waals surface area contributed by atoms with Gasteiger partial charge in [0, 0.05) is 44.6 Å². The van der Waals surface area contributed by atoms with Gasteiger partial charge in [-0.3, -0.25) is 19.3 Å². The Bertz CT molecular complexity index is 716. The number of hydrogen-bond donors (Lipinski definition) is 1. The molecule has 1 fully saturated rings. The summed E-state index contributed by atoms with van der Waals surface area (Å²) in [5.41, 5.74) is 2.69. The average molecular weight is 362 g/mol. The topological polar surface area (TPSA) is 53.4 Å². The first-order valence-corrected chi connectivity index (χ1v) is 9.63. The van der Waals surface area contributed by atoms with Crippen LogP contribution in [-0.4, -0.2) is 57.7 Å². The number of carbonyl (C=O) groups is 1. The number of nitrogens with one attached hydrogen (secondary N) is 1. The van der Waals surface area contributed by atoms with Crippen LogP contribution in [0.4, 0.5) is 5.69 Å². The first kappa shape index (κ1) is 18.1. The van der Waals surface area contributed by atoms with Crippen LogP contribution in [0.2, 0.25) is 0 Å². The fourth-order valence-corrected chi connectivity index (χ4v) is 4.03. The van der Waals surface area contributed by atoms with Crippen molar-refractivity contribution in [1.29, 1.82) is 0 Å². The van der Waals surface area contributed by atoms with Crippen LogP contribution >= 0.6 is 11.3 Å². The lowest BCUT2D eigenvalue weighted by Crippen LogP contribution is -2.52. The van der Waals surface area contributed by atoms with Crippen LogP contribution in [0.5, 0.6) is 0 Å². The summed E-state index contributed by atoms with van der Waals surface area (Å²) in [5.74, 6) is 0.0471. The number of carbonyl (C=O) groups excluding carboxylic acids is 1. The standard InChI is InChI=1S/C18H27N5OS/c1-13-17(14(2)21(4)20-13)19-18(24)15(3)23-9-7-22(8-10-23)12-16-6-5-11-25-16/h5-6,11,15H,7-10,12H2,1-4H3,(H,19,24)/t15-/m1/s1. The maximum atomic E-state index is 12.7. The number of aryl methyl sites for hydroxylation is 2. The highest BCUT2D eigenvalue weighted by Gasteiger charge is 2.26. The Labute approximate surface area is 153 Å². The number of anilines is 1. The molecule has 0 aliphatic carbocycles. The smallest absolute Gasteiger partial charge is 0.241 e. The van der Waals surface area contributed by atoms with Gasteiger partial charge in [-0.1, -0.05) is 6.07 Å². The lowest BCUT2D eigenvalue weighted by Gasteiger charge is -2.37. The van der Waals surface area contributed by atoms with E-state index in [4.69, 9.17) is 0 Å².